The lowest BCUT2D eigenvalue weighted by atomic mass is 10.1. The van der Waals surface area contributed by atoms with Crippen molar-refractivity contribution in [3.8, 4) is 11.4 Å². The van der Waals surface area contributed by atoms with E-state index in [1.807, 2.05) is 19.9 Å². The molecule has 2 amide bonds. The molecule has 3 aliphatic rings. The number of morpholine rings is 1. The number of thioether (sulfide) groups is 1. The third-order valence-electron chi connectivity index (χ3n) is 7.36. The van der Waals surface area contributed by atoms with Crippen LogP contribution in [0.15, 0.2) is 35.3 Å². The van der Waals surface area contributed by atoms with Crippen molar-refractivity contribution in [2.24, 2.45) is 4.99 Å². The first kappa shape index (κ1) is 27.8. The minimum absolute atomic E-state index is 0.0564. The summed E-state index contributed by atoms with van der Waals surface area (Å²) >= 11 is 1.32. The smallest absolute Gasteiger partial charge is 0.319 e. The number of aliphatic imine (C=N–C) groups is 1. The number of carbonyl (C=O) groups excluding carboxylic acids is 1. The number of hydrogen-bond donors (Lipinski definition) is 3. The SMILES string of the molecule is CC1N=C(S(=O)(=O)C2(c3cc(N4CCOC[C@@H]4C)nc(-c4ccc(NC(=O)NCCO)cc4)n3)CC2)SC1C. The molecule has 11 nitrogen and oxygen atoms in total. The first-order valence-corrected chi connectivity index (χ1v) is 15.5. The van der Waals surface area contributed by atoms with Gasteiger partial charge in [-0.05, 0) is 51.0 Å². The number of carbonyl (C=O) groups is 1. The number of urea groups is 1. The van der Waals surface area contributed by atoms with Crippen molar-refractivity contribution < 1.29 is 23.1 Å². The molecule has 1 saturated heterocycles. The number of aliphatic hydroxyl groups excluding tert-OH is 1. The monoisotopic (exact) mass is 574 g/mol. The van der Waals surface area contributed by atoms with Gasteiger partial charge in [0.05, 0.1) is 37.6 Å². The summed E-state index contributed by atoms with van der Waals surface area (Å²) in [5, 5.41) is 14.2. The van der Waals surface area contributed by atoms with Crippen LogP contribution in [0.1, 0.15) is 39.3 Å². The summed E-state index contributed by atoms with van der Waals surface area (Å²) in [6, 6.07) is 8.47. The predicted molar refractivity (Wildman–Crippen MR) is 153 cm³/mol. The zero-order chi connectivity index (χ0) is 27.8. The van der Waals surface area contributed by atoms with Crippen LogP contribution in [0.2, 0.25) is 0 Å². The van der Waals surface area contributed by atoms with E-state index in [4.69, 9.17) is 19.8 Å². The molecule has 3 atom stereocenters. The summed E-state index contributed by atoms with van der Waals surface area (Å²) in [5.41, 5.74) is 1.75. The molecule has 2 unspecified atom stereocenters. The molecule has 1 aromatic heterocycles. The molecule has 39 heavy (non-hydrogen) atoms. The minimum Gasteiger partial charge on any atom is -0.395 e. The van der Waals surface area contributed by atoms with E-state index >= 15 is 0 Å². The van der Waals surface area contributed by atoms with Crippen LogP contribution in [-0.2, 0) is 19.3 Å². The second kappa shape index (κ2) is 11.0. The van der Waals surface area contributed by atoms with E-state index in [1.54, 1.807) is 24.3 Å². The van der Waals surface area contributed by atoms with Gasteiger partial charge in [-0.1, -0.05) is 18.7 Å². The van der Waals surface area contributed by atoms with Crippen molar-refractivity contribution in [3.63, 3.8) is 0 Å². The number of anilines is 2. The van der Waals surface area contributed by atoms with Crippen molar-refractivity contribution in [2.75, 3.05) is 43.1 Å². The maximum absolute atomic E-state index is 13.9. The molecule has 2 aliphatic heterocycles. The average molecular weight is 575 g/mol. The number of benzene rings is 1. The largest absolute Gasteiger partial charge is 0.395 e. The molecular formula is C26H34N6O5S2. The van der Waals surface area contributed by atoms with Gasteiger partial charge in [0, 0.05) is 35.7 Å². The van der Waals surface area contributed by atoms with Gasteiger partial charge in [0.15, 0.2) is 10.2 Å². The second-order valence-electron chi connectivity index (χ2n) is 10.2. The highest BCUT2D eigenvalue weighted by molar-refractivity contribution is 8.36. The zero-order valence-corrected chi connectivity index (χ0v) is 23.9. The Kier molecular flexibility index (Phi) is 7.86. The highest BCUT2D eigenvalue weighted by Gasteiger charge is 2.60. The Labute approximate surface area is 232 Å². The van der Waals surface area contributed by atoms with E-state index in [0.717, 1.165) is 0 Å². The lowest BCUT2D eigenvalue weighted by Gasteiger charge is -2.34. The molecule has 0 spiro atoms. The van der Waals surface area contributed by atoms with Gasteiger partial charge in [-0.2, -0.15) is 0 Å². The molecule has 2 fully saturated rings. The second-order valence-corrected chi connectivity index (χ2v) is 14.0. The summed E-state index contributed by atoms with van der Waals surface area (Å²) in [7, 11) is -3.73. The van der Waals surface area contributed by atoms with Gasteiger partial charge in [-0.25, -0.2) is 23.2 Å². The van der Waals surface area contributed by atoms with Gasteiger partial charge >= 0.3 is 6.03 Å². The maximum atomic E-state index is 13.9. The van der Waals surface area contributed by atoms with Gasteiger partial charge in [-0.15, -0.1) is 0 Å². The van der Waals surface area contributed by atoms with Crippen molar-refractivity contribution in [3.05, 3.63) is 36.0 Å². The van der Waals surface area contributed by atoms with Crippen LogP contribution < -0.4 is 15.5 Å². The normalized spacial score (nSPS) is 24.3. The number of nitrogens with one attached hydrogen (secondary N) is 2. The van der Waals surface area contributed by atoms with E-state index in [2.05, 4.69) is 27.4 Å². The van der Waals surface area contributed by atoms with Gasteiger partial charge in [-0.3, -0.25) is 4.99 Å². The molecule has 0 radical (unpaired) electrons. The van der Waals surface area contributed by atoms with E-state index < -0.39 is 20.6 Å². The summed E-state index contributed by atoms with van der Waals surface area (Å²) in [4.78, 5) is 28.3. The van der Waals surface area contributed by atoms with Crippen LogP contribution >= 0.6 is 11.8 Å². The number of sulfone groups is 1. The Bertz CT molecular complexity index is 1360. The van der Waals surface area contributed by atoms with Crippen molar-refractivity contribution in [1.82, 2.24) is 15.3 Å². The Morgan fingerprint density at radius 2 is 1.95 bits per heavy atom. The van der Waals surface area contributed by atoms with Gasteiger partial charge in [0.2, 0.25) is 9.84 Å². The molecule has 3 heterocycles. The van der Waals surface area contributed by atoms with E-state index in [0.29, 0.717) is 61.2 Å². The molecule has 1 aliphatic carbocycles. The topological polar surface area (TPSA) is 146 Å². The number of amides is 2. The molecule has 1 aromatic carbocycles. The van der Waals surface area contributed by atoms with Crippen LogP contribution in [0, 0.1) is 0 Å². The summed E-state index contributed by atoms with van der Waals surface area (Å²) in [5.74, 6) is 1.09. The third-order valence-corrected chi connectivity index (χ3v) is 11.6. The quantitative estimate of drug-likeness (QED) is 0.454. The number of rotatable bonds is 7. The number of hydrogen-bond acceptors (Lipinski definition) is 10. The Hall–Kier alpha value is -2.74. The lowest BCUT2D eigenvalue weighted by Crippen LogP contribution is -2.44. The van der Waals surface area contributed by atoms with Gasteiger partial charge in [0.1, 0.15) is 10.6 Å². The lowest BCUT2D eigenvalue weighted by molar-refractivity contribution is 0.0985. The maximum Gasteiger partial charge on any atom is 0.319 e. The molecule has 210 valence electrons. The molecule has 1 saturated carbocycles. The standard InChI is InChI=1S/C26H34N6O5S2/c1-16-15-37-13-11-32(16)22-14-21(26(8-9-26)39(35,36)25-28-17(2)18(3)38-25)30-23(31-22)19-4-6-20(7-5-19)29-24(34)27-10-12-33/h4-7,14,16-18,33H,8-13,15H2,1-3H3,(H2,27,29,34)/t16-,17?,18?/m0/s1. The van der Waals surface area contributed by atoms with E-state index in [-0.39, 0.29) is 34.9 Å². The number of aliphatic hydroxyl groups is 1. The summed E-state index contributed by atoms with van der Waals surface area (Å²) in [6.07, 6.45) is 0.968. The first-order valence-electron chi connectivity index (χ1n) is 13.1. The van der Waals surface area contributed by atoms with Crippen molar-refractivity contribution >= 4 is 43.5 Å². The highest BCUT2D eigenvalue weighted by Crippen LogP contribution is 2.55. The van der Waals surface area contributed by atoms with Crippen molar-refractivity contribution in [2.45, 2.75) is 55.7 Å². The fraction of sp³-hybridized carbons (Fsp3) is 0.538. The minimum atomic E-state index is -3.73. The molecule has 3 N–H and O–H groups in total. The molecule has 13 heteroatoms. The highest BCUT2D eigenvalue weighted by atomic mass is 32.3. The van der Waals surface area contributed by atoms with Crippen LogP contribution in [0.5, 0.6) is 0 Å². The molecule has 0 bridgehead atoms. The summed E-state index contributed by atoms with van der Waals surface area (Å²) < 4.78 is 32.6. The van der Waals surface area contributed by atoms with E-state index in [9.17, 15) is 13.2 Å². The van der Waals surface area contributed by atoms with Gasteiger partial charge in [0.25, 0.3) is 0 Å². The Morgan fingerprint density at radius 3 is 2.56 bits per heavy atom. The number of aromatic nitrogens is 2. The predicted octanol–water partition coefficient (Wildman–Crippen LogP) is 2.77. The van der Waals surface area contributed by atoms with Crippen LogP contribution in [0.3, 0.4) is 0 Å². The number of ether oxygens (including phenoxy) is 1. The van der Waals surface area contributed by atoms with Crippen LogP contribution in [0.25, 0.3) is 11.4 Å². The Morgan fingerprint density at radius 1 is 1.21 bits per heavy atom. The molecular weight excluding hydrogens is 540 g/mol. The van der Waals surface area contributed by atoms with Crippen molar-refractivity contribution in [1.29, 1.82) is 0 Å². The fourth-order valence-corrected chi connectivity index (χ4v) is 8.60. The van der Waals surface area contributed by atoms with Gasteiger partial charge < -0.3 is 25.4 Å². The number of nitrogens with zero attached hydrogens (tertiary/aromatic N) is 4. The van der Waals surface area contributed by atoms with Crippen LogP contribution in [-0.4, -0.2) is 84.1 Å². The fourth-order valence-electron chi connectivity index (χ4n) is 4.69. The van der Waals surface area contributed by atoms with Crippen LogP contribution in [0.4, 0.5) is 16.3 Å². The average Bonchev–Trinajstić information content (AvgIpc) is 3.68. The first-order chi connectivity index (χ1) is 18.6. The third kappa shape index (κ3) is 5.49. The Balaban J connectivity index is 1.52. The van der Waals surface area contributed by atoms with E-state index in [1.165, 1.54) is 11.8 Å². The molecule has 2 aromatic rings. The summed E-state index contributed by atoms with van der Waals surface area (Å²) in [6.45, 7) is 7.75. The zero-order valence-electron chi connectivity index (χ0n) is 22.3. The molecule has 5 rings (SSSR count).